The number of aliphatic hydroxyl groups is 1. The van der Waals surface area contributed by atoms with Crippen LogP contribution in [0.4, 0.5) is 0 Å². The maximum atomic E-state index is 11.7. The number of amides is 1. The molecule has 110 valence electrons. The number of methoxy groups -OCH3 is 2. The second-order valence-corrected chi connectivity index (χ2v) is 4.01. The smallest absolute Gasteiger partial charge is 0.328 e. The minimum atomic E-state index is -1.30. The number of hydrogen-bond donors (Lipinski definition) is 3. The van der Waals surface area contributed by atoms with E-state index in [1.165, 1.54) is 14.2 Å². The average Bonchev–Trinajstić information content (AvgIpc) is 2.44. The normalized spacial score (nSPS) is 11.6. The van der Waals surface area contributed by atoms with E-state index in [4.69, 9.17) is 19.7 Å². The van der Waals surface area contributed by atoms with Crippen molar-refractivity contribution in [1.82, 2.24) is 5.32 Å². The van der Waals surface area contributed by atoms with Gasteiger partial charge in [-0.2, -0.15) is 0 Å². The molecule has 0 saturated carbocycles. The molecule has 1 aromatic carbocycles. The number of rotatable bonds is 7. The highest BCUT2D eigenvalue weighted by Gasteiger charge is 2.19. The minimum absolute atomic E-state index is 0.0237. The maximum Gasteiger partial charge on any atom is 0.328 e. The van der Waals surface area contributed by atoms with E-state index in [2.05, 4.69) is 5.32 Å². The number of benzene rings is 1. The summed E-state index contributed by atoms with van der Waals surface area (Å²) < 4.78 is 10.2. The maximum absolute atomic E-state index is 11.7. The summed E-state index contributed by atoms with van der Waals surface area (Å²) in [7, 11) is 2.98. The van der Waals surface area contributed by atoms with Crippen molar-refractivity contribution in [3.05, 3.63) is 23.8 Å². The van der Waals surface area contributed by atoms with Crippen LogP contribution in [0, 0.1) is 0 Å². The molecular formula is C13H17NO6. The van der Waals surface area contributed by atoms with E-state index in [0.29, 0.717) is 17.1 Å². The lowest BCUT2D eigenvalue weighted by atomic mass is 10.1. The summed E-state index contributed by atoms with van der Waals surface area (Å²) in [5, 5.41) is 19.8. The molecule has 0 fully saturated rings. The summed E-state index contributed by atoms with van der Waals surface area (Å²) in [4.78, 5) is 22.4. The predicted octanol–water partition coefficient (Wildman–Crippen LogP) is -0.192. The Morgan fingerprint density at radius 2 is 1.90 bits per heavy atom. The summed E-state index contributed by atoms with van der Waals surface area (Å²) in [6.07, 6.45) is -0.0237. The van der Waals surface area contributed by atoms with Crippen molar-refractivity contribution < 1.29 is 29.3 Å². The molecule has 0 aliphatic rings. The van der Waals surface area contributed by atoms with Crippen molar-refractivity contribution >= 4 is 11.9 Å². The van der Waals surface area contributed by atoms with Gasteiger partial charge >= 0.3 is 5.97 Å². The largest absolute Gasteiger partial charge is 0.493 e. The average molecular weight is 283 g/mol. The third-order valence-electron chi connectivity index (χ3n) is 2.63. The van der Waals surface area contributed by atoms with Crippen molar-refractivity contribution in [2.24, 2.45) is 0 Å². The fourth-order valence-corrected chi connectivity index (χ4v) is 1.61. The van der Waals surface area contributed by atoms with E-state index in [9.17, 15) is 9.59 Å². The van der Waals surface area contributed by atoms with Gasteiger partial charge in [-0.25, -0.2) is 4.79 Å². The van der Waals surface area contributed by atoms with Gasteiger partial charge in [0.1, 0.15) is 6.04 Å². The van der Waals surface area contributed by atoms with Crippen molar-refractivity contribution in [2.45, 2.75) is 12.5 Å². The molecule has 0 saturated heterocycles. The van der Waals surface area contributed by atoms with Gasteiger partial charge in [0.2, 0.25) is 5.91 Å². The first-order valence-electron chi connectivity index (χ1n) is 5.85. The quantitative estimate of drug-likeness (QED) is 0.640. The molecule has 3 N–H and O–H groups in total. The molecule has 1 atom stereocenters. The summed E-state index contributed by atoms with van der Waals surface area (Å²) >= 11 is 0. The van der Waals surface area contributed by atoms with Crippen LogP contribution in [0.25, 0.3) is 0 Å². The number of aliphatic hydroxyl groups excluding tert-OH is 1. The lowest BCUT2D eigenvalue weighted by molar-refractivity contribution is -0.142. The Kier molecular flexibility index (Phi) is 5.79. The highest BCUT2D eigenvalue weighted by Crippen LogP contribution is 2.27. The minimum Gasteiger partial charge on any atom is -0.493 e. The number of carbonyl (C=O) groups excluding carboxylic acids is 1. The number of nitrogens with one attached hydrogen (secondary N) is 1. The second-order valence-electron chi connectivity index (χ2n) is 4.01. The number of aliphatic carboxylic acids is 1. The van der Waals surface area contributed by atoms with Gasteiger partial charge in [-0.1, -0.05) is 6.07 Å². The molecule has 0 unspecified atom stereocenters. The van der Waals surface area contributed by atoms with Gasteiger partial charge in [-0.15, -0.1) is 0 Å². The van der Waals surface area contributed by atoms with Crippen LogP contribution >= 0.6 is 0 Å². The van der Waals surface area contributed by atoms with Crippen molar-refractivity contribution in [3.8, 4) is 11.5 Å². The van der Waals surface area contributed by atoms with Crippen molar-refractivity contribution in [1.29, 1.82) is 0 Å². The number of carbonyl (C=O) groups is 2. The molecule has 0 aromatic heterocycles. The van der Waals surface area contributed by atoms with Gasteiger partial charge in [0.15, 0.2) is 11.5 Å². The van der Waals surface area contributed by atoms with E-state index in [0.717, 1.165) is 0 Å². The standard InChI is InChI=1S/C13H17NO6/c1-19-10-4-3-8(5-11(10)20-2)6-12(16)14-9(7-15)13(17)18/h3-5,9,15H,6-7H2,1-2H3,(H,14,16)(H,17,18)/t9-/m1/s1. The van der Waals surface area contributed by atoms with Crippen LogP contribution < -0.4 is 14.8 Å². The van der Waals surface area contributed by atoms with E-state index in [-0.39, 0.29) is 6.42 Å². The molecule has 0 heterocycles. The molecule has 0 radical (unpaired) electrons. The van der Waals surface area contributed by atoms with Crippen LogP contribution in [0.3, 0.4) is 0 Å². The van der Waals surface area contributed by atoms with Crippen molar-refractivity contribution in [2.75, 3.05) is 20.8 Å². The Balaban J connectivity index is 2.73. The Morgan fingerprint density at radius 3 is 2.40 bits per heavy atom. The van der Waals surface area contributed by atoms with Gasteiger partial charge in [-0.3, -0.25) is 4.79 Å². The van der Waals surface area contributed by atoms with E-state index in [1.807, 2.05) is 0 Å². The van der Waals surface area contributed by atoms with Gasteiger partial charge in [0.25, 0.3) is 0 Å². The number of hydrogen-bond acceptors (Lipinski definition) is 5. The fourth-order valence-electron chi connectivity index (χ4n) is 1.61. The van der Waals surface area contributed by atoms with Crippen LogP contribution in [0.2, 0.25) is 0 Å². The molecule has 0 bridgehead atoms. The summed E-state index contributed by atoms with van der Waals surface area (Å²) in [6.45, 7) is -0.660. The van der Waals surface area contributed by atoms with Crippen LogP contribution in [0.15, 0.2) is 18.2 Å². The lowest BCUT2D eigenvalue weighted by Crippen LogP contribution is -2.43. The summed E-state index contributed by atoms with van der Waals surface area (Å²) in [5.41, 5.74) is 0.641. The van der Waals surface area contributed by atoms with Crippen molar-refractivity contribution in [3.63, 3.8) is 0 Å². The Morgan fingerprint density at radius 1 is 1.25 bits per heavy atom. The Hall–Kier alpha value is -2.28. The summed E-state index contributed by atoms with van der Waals surface area (Å²) in [5.74, 6) is -0.767. The number of carboxylic acid groups (broad SMARTS) is 1. The predicted molar refractivity (Wildman–Crippen MR) is 69.9 cm³/mol. The highest BCUT2D eigenvalue weighted by atomic mass is 16.5. The van der Waals surface area contributed by atoms with E-state index in [1.54, 1.807) is 18.2 Å². The Labute approximate surface area is 116 Å². The third kappa shape index (κ3) is 4.13. The zero-order chi connectivity index (χ0) is 15.1. The first-order chi connectivity index (χ1) is 9.51. The zero-order valence-corrected chi connectivity index (χ0v) is 11.3. The zero-order valence-electron chi connectivity index (χ0n) is 11.3. The van der Waals surface area contributed by atoms with Gasteiger partial charge < -0.3 is 25.0 Å². The fraction of sp³-hybridized carbons (Fsp3) is 0.385. The van der Waals surface area contributed by atoms with Gasteiger partial charge in [-0.05, 0) is 17.7 Å². The van der Waals surface area contributed by atoms with Crippen LogP contribution in [-0.2, 0) is 16.0 Å². The molecule has 0 aliphatic heterocycles. The SMILES string of the molecule is COc1ccc(CC(=O)N[C@H](CO)C(=O)O)cc1OC. The van der Waals surface area contributed by atoms with Crippen LogP contribution in [0.1, 0.15) is 5.56 Å². The molecule has 20 heavy (non-hydrogen) atoms. The van der Waals surface area contributed by atoms with E-state index >= 15 is 0 Å². The van der Waals surface area contributed by atoms with Crippen LogP contribution in [-0.4, -0.2) is 49.0 Å². The third-order valence-corrected chi connectivity index (χ3v) is 2.63. The molecule has 0 spiro atoms. The van der Waals surface area contributed by atoms with Gasteiger partial charge in [0.05, 0.1) is 27.2 Å². The number of ether oxygens (including phenoxy) is 2. The molecule has 7 nitrogen and oxygen atoms in total. The summed E-state index contributed by atoms with van der Waals surface area (Å²) in [6, 6.07) is 3.66. The molecular weight excluding hydrogens is 266 g/mol. The Bertz CT molecular complexity index is 488. The highest BCUT2D eigenvalue weighted by molar-refractivity contribution is 5.85. The molecule has 0 aliphatic carbocycles. The topological polar surface area (TPSA) is 105 Å². The first kappa shape index (κ1) is 15.8. The van der Waals surface area contributed by atoms with E-state index < -0.39 is 24.5 Å². The molecule has 7 heteroatoms. The van der Waals surface area contributed by atoms with Gasteiger partial charge in [0, 0.05) is 0 Å². The van der Waals surface area contributed by atoms with Crippen LogP contribution in [0.5, 0.6) is 11.5 Å². The second kappa shape index (κ2) is 7.34. The number of carboxylic acids is 1. The molecule has 1 aromatic rings. The lowest BCUT2D eigenvalue weighted by Gasteiger charge is -2.12. The molecule has 1 amide bonds. The first-order valence-corrected chi connectivity index (χ1v) is 5.85. The molecule has 1 rings (SSSR count). The monoisotopic (exact) mass is 283 g/mol.